The normalized spacial score (nSPS) is 10.7. The van der Waals surface area contributed by atoms with Gasteiger partial charge in [0.2, 0.25) is 5.95 Å². The Morgan fingerprint density at radius 1 is 1.31 bits per heavy atom. The number of rotatable bonds is 1. The van der Waals surface area contributed by atoms with Crippen LogP contribution in [0.1, 0.15) is 5.01 Å². The fourth-order valence-electron chi connectivity index (χ4n) is 1.05. The summed E-state index contributed by atoms with van der Waals surface area (Å²) >= 11 is 1.59. The van der Waals surface area contributed by atoms with Crippen LogP contribution in [0.3, 0.4) is 0 Å². The van der Waals surface area contributed by atoms with E-state index < -0.39 is 0 Å². The number of fused-ring (bicyclic) bond motifs is 1. The highest BCUT2D eigenvalue weighted by Gasteiger charge is 2.04. The molecule has 2 aromatic heterocycles. The van der Waals surface area contributed by atoms with Gasteiger partial charge < -0.3 is 4.90 Å². The highest BCUT2D eigenvalue weighted by molar-refractivity contribution is 7.18. The summed E-state index contributed by atoms with van der Waals surface area (Å²) in [5, 5.41) is 1.03. The number of anilines is 1. The van der Waals surface area contributed by atoms with Gasteiger partial charge in [0.1, 0.15) is 10.3 Å². The summed E-state index contributed by atoms with van der Waals surface area (Å²) in [5.41, 5.74) is 0.883. The van der Waals surface area contributed by atoms with E-state index in [9.17, 15) is 0 Å². The van der Waals surface area contributed by atoms with Gasteiger partial charge in [-0.05, 0) is 6.92 Å². The van der Waals surface area contributed by atoms with E-state index in [2.05, 4.69) is 15.0 Å². The summed E-state index contributed by atoms with van der Waals surface area (Å²) in [6.45, 7) is 1.97. The number of hydrogen-bond acceptors (Lipinski definition) is 5. The van der Waals surface area contributed by atoms with E-state index in [0.717, 1.165) is 21.3 Å². The first-order chi connectivity index (χ1) is 6.16. The molecule has 4 nitrogen and oxygen atoms in total. The molecule has 0 radical (unpaired) electrons. The minimum Gasteiger partial charge on any atom is -0.347 e. The lowest BCUT2D eigenvalue weighted by molar-refractivity contribution is 1.02. The standard InChI is InChI=1S/C8H10N4S/c1-5-10-6-4-9-8(12(2)3)11-7(6)13-5/h4H,1-3H3. The maximum atomic E-state index is 4.37. The molecule has 0 N–H and O–H groups in total. The van der Waals surface area contributed by atoms with Crippen molar-refractivity contribution < 1.29 is 0 Å². The molecule has 0 atom stereocenters. The second-order valence-corrected chi connectivity index (χ2v) is 4.17. The fourth-order valence-corrected chi connectivity index (χ4v) is 1.80. The lowest BCUT2D eigenvalue weighted by atomic mass is 10.6. The van der Waals surface area contributed by atoms with Crippen LogP contribution in [-0.4, -0.2) is 29.0 Å². The SMILES string of the molecule is Cc1nc2cnc(N(C)C)nc2s1. The largest absolute Gasteiger partial charge is 0.347 e. The molecule has 0 saturated heterocycles. The minimum atomic E-state index is 0.733. The van der Waals surface area contributed by atoms with Gasteiger partial charge in [-0.25, -0.2) is 15.0 Å². The van der Waals surface area contributed by atoms with Gasteiger partial charge in [0.25, 0.3) is 0 Å². The molecule has 0 aliphatic carbocycles. The van der Waals surface area contributed by atoms with Gasteiger partial charge >= 0.3 is 0 Å². The Kier molecular flexibility index (Phi) is 1.88. The predicted octanol–water partition coefficient (Wildman–Crippen LogP) is 1.46. The van der Waals surface area contributed by atoms with Crippen molar-refractivity contribution in [2.45, 2.75) is 6.92 Å². The van der Waals surface area contributed by atoms with Gasteiger partial charge in [0.05, 0.1) is 11.2 Å². The molecule has 0 saturated carbocycles. The molecular formula is C8H10N4S. The van der Waals surface area contributed by atoms with Gasteiger partial charge in [-0.3, -0.25) is 0 Å². The molecule has 0 unspecified atom stereocenters. The van der Waals surface area contributed by atoms with E-state index in [0.29, 0.717) is 0 Å². The Morgan fingerprint density at radius 2 is 2.08 bits per heavy atom. The van der Waals surface area contributed by atoms with Crippen molar-refractivity contribution in [3.8, 4) is 0 Å². The van der Waals surface area contributed by atoms with E-state index in [1.807, 2.05) is 25.9 Å². The molecule has 2 rings (SSSR count). The number of aromatic nitrogens is 3. The van der Waals surface area contributed by atoms with Crippen LogP contribution in [0.25, 0.3) is 10.3 Å². The van der Waals surface area contributed by atoms with Crippen molar-refractivity contribution in [2.75, 3.05) is 19.0 Å². The molecule has 0 bridgehead atoms. The monoisotopic (exact) mass is 194 g/mol. The average molecular weight is 194 g/mol. The molecule has 2 heterocycles. The maximum absolute atomic E-state index is 4.37. The molecule has 0 aromatic carbocycles. The zero-order valence-electron chi connectivity index (χ0n) is 7.77. The van der Waals surface area contributed by atoms with Crippen molar-refractivity contribution in [3.63, 3.8) is 0 Å². The second kappa shape index (κ2) is 2.92. The second-order valence-electron chi connectivity index (χ2n) is 2.99. The zero-order valence-corrected chi connectivity index (χ0v) is 8.59. The summed E-state index contributed by atoms with van der Waals surface area (Å²) in [6.07, 6.45) is 1.77. The number of thiazole rings is 1. The highest BCUT2D eigenvalue weighted by Crippen LogP contribution is 2.19. The van der Waals surface area contributed by atoms with Crippen LogP contribution < -0.4 is 4.90 Å². The van der Waals surface area contributed by atoms with Crippen LogP contribution in [0, 0.1) is 6.92 Å². The summed E-state index contributed by atoms with van der Waals surface area (Å²) in [5.74, 6) is 0.733. The zero-order chi connectivity index (χ0) is 9.42. The molecular weight excluding hydrogens is 184 g/mol. The molecule has 13 heavy (non-hydrogen) atoms. The van der Waals surface area contributed by atoms with E-state index in [1.54, 1.807) is 17.5 Å². The van der Waals surface area contributed by atoms with Crippen molar-refractivity contribution in [2.24, 2.45) is 0 Å². The topological polar surface area (TPSA) is 41.9 Å². The first-order valence-electron chi connectivity index (χ1n) is 3.94. The van der Waals surface area contributed by atoms with E-state index in [1.165, 1.54) is 0 Å². The third-order valence-electron chi connectivity index (χ3n) is 1.65. The average Bonchev–Trinajstić information content (AvgIpc) is 2.42. The highest BCUT2D eigenvalue weighted by atomic mass is 32.1. The summed E-state index contributed by atoms with van der Waals surface area (Å²) in [6, 6.07) is 0. The van der Waals surface area contributed by atoms with Crippen LogP contribution in [0.4, 0.5) is 5.95 Å². The van der Waals surface area contributed by atoms with E-state index in [-0.39, 0.29) is 0 Å². The molecule has 0 spiro atoms. The summed E-state index contributed by atoms with van der Waals surface area (Å²) < 4.78 is 0. The van der Waals surface area contributed by atoms with Crippen molar-refractivity contribution in [1.29, 1.82) is 0 Å². The van der Waals surface area contributed by atoms with Crippen LogP contribution in [0.2, 0.25) is 0 Å². The van der Waals surface area contributed by atoms with Gasteiger partial charge in [-0.15, -0.1) is 0 Å². The Balaban J connectivity index is 2.61. The molecule has 68 valence electrons. The summed E-state index contributed by atoms with van der Waals surface area (Å²) in [7, 11) is 3.85. The molecule has 0 amide bonds. The smallest absolute Gasteiger partial charge is 0.226 e. The number of nitrogens with zero attached hydrogens (tertiary/aromatic N) is 4. The van der Waals surface area contributed by atoms with Gasteiger partial charge in [-0.1, -0.05) is 11.3 Å². The molecule has 5 heteroatoms. The fraction of sp³-hybridized carbons (Fsp3) is 0.375. The number of aryl methyl sites for hydroxylation is 1. The first kappa shape index (κ1) is 8.37. The van der Waals surface area contributed by atoms with E-state index in [4.69, 9.17) is 0 Å². The van der Waals surface area contributed by atoms with E-state index >= 15 is 0 Å². The van der Waals surface area contributed by atoms with Crippen LogP contribution >= 0.6 is 11.3 Å². The molecule has 0 aliphatic rings. The molecule has 0 aliphatic heterocycles. The Labute approximate surface area is 80.3 Å². The van der Waals surface area contributed by atoms with Crippen molar-refractivity contribution >= 4 is 27.6 Å². The van der Waals surface area contributed by atoms with Crippen LogP contribution in [0.5, 0.6) is 0 Å². The quantitative estimate of drug-likeness (QED) is 0.689. The Hall–Kier alpha value is -1.23. The lowest BCUT2D eigenvalue weighted by Crippen LogP contribution is -2.11. The number of hydrogen-bond donors (Lipinski definition) is 0. The Morgan fingerprint density at radius 3 is 2.77 bits per heavy atom. The van der Waals surface area contributed by atoms with Crippen LogP contribution in [-0.2, 0) is 0 Å². The van der Waals surface area contributed by atoms with Crippen molar-refractivity contribution in [3.05, 3.63) is 11.2 Å². The molecule has 2 aromatic rings. The van der Waals surface area contributed by atoms with Gasteiger partial charge in [0, 0.05) is 14.1 Å². The summed E-state index contributed by atoms with van der Waals surface area (Å²) in [4.78, 5) is 15.7. The van der Waals surface area contributed by atoms with Gasteiger partial charge in [-0.2, -0.15) is 0 Å². The first-order valence-corrected chi connectivity index (χ1v) is 4.76. The van der Waals surface area contributed by atoms with Gasteiger partial charge in [0.15, 0.2) is 0 Å². The Bertz CT molecular complexity index is 435. The molecule has 0 fully saturated rings. The predicted molar refractivity (Wildman–Crippen MR) is 54.3 cm³/mol. The third kappa shape index (κ3) is 1.47. The van der Waals surface area contributed by atoms with Crippen LogP contribution in [0.15, 0.2) is 6.20 Å². The maximum Gasteiger partial charge on any atom is 0.226 e. The van der Waals surface area contributed by atoms with Crippen molar-refractivity contribution in [1.82, 2.24) is 15.0 Å². The third-order valence-corrected chi connectivity index (χ3v) is 2.53. The lowest BCUT2D eigenvalue weighted by Gasteiger charge is -2.07. The minimum absolute atomic E-state index is 0.733.